The van der Waals surface area contributed by atoms with Gasteiger partial charge in [-0.15, -0.1) is 0 Å². The van der Waals surface area contributed by atoms with Crippen molar-refractivity contribution >= 4 is 17.7 Å². The molecule has 0 aliphatic heterocycles. The van der Waals surface area contributed by atoms with Crippen LogP contribution in [0, 0.1) is 11.7 Å². The fourth-order valence-corrected chi connectivity index (χ4v) is 1.72. The van der Waals surface area contributed by atoms with Gasteiger partial charge < -0.3 is 20.5 Å². The number of amides is 2. The Kier molecular flexibility index (Phi) is 5.95. The third kappa shape index (κ3) is 5.29. The van der Waals surface area contributed by atoms with Gasteiger partial charge in [0, 0.05) is 17.8 Å². The number of urea groups is 1. The van der Waals surface area contributed by atoms with Crippen LogP contribution in [0.25, 0.3) is 0 Å². The van der Waals surface area contributed by atoms with Gasteiger partial charge in [0.2, 0.25) is 0 Å². The predicted octanol–water partition coefficient (Wildman–Crippen LogP) is 2.46. The first-order valence-electron chi connectivity index (χ1n) is 6.46. The number of aliphatic carboxylic acids is 1. The quantitative estimate of drug-likeness (QED) is 0.752. The fraction of sp³-hybridized carbons (Fsp3) is 0.429. The lowest BCUT2D eigenvalue weighted by Crippen LogP contribution is -2.42. The first kappa shape index (κ1) is 16.7. The Morgan fingerprint density at radius 1 is 1.38 bits per heavy atom. The van der Waals surface area contributed by atoms with E-state index in [0.29, 0.717) is 0 Å². The van der Waals surface area contributed by atoms with E-state index in [1.165, 1.54) is 19.2 Å². The largest absolute Gasteiger partial charge is 0.494 e. The highest BCUT2D eigenvalue weighted by Crippen LogP contribution is 2.20. The number of carbonyl (C=O) groups is 2. The van der Waals surface area contributed by atoms with Gasteiger partial charge in [0.05, 0.1) is 13.5 Å². The first-order chi connectivity index (χ1) is 9.83. The van der Waals surface area contributed by atoms with Crippen LogP contribution >= 0.6 is 0 Å². The van der Waals surface area contributed by atoms with Crippen LogP contribution in [-0.2, 0) is 4.79 Å². The summed E-state index contributed by atoms with van der Waals surface area (Å²) in [6.07, 6.45) is -0.179. The number of hydrogen-bond acceptors (Lipinski definition) is 3. The molecular formula is C14H19FN2O4. The summed E-state index contributed by atoms with van der Waals surface area (Å²) in [6.45, 7) is 3.61. The molecule has 0 aliphatic carbocycles. The van der Waals surface area contributed by atoms with E-state index in [9.17, 15) is 14.0 Å². The number of halogens is 1. The number of benzene rings is 1. The number of rotatable bonds is 6. The van der Waals surface area contributed by atoms with Gasteiger partial charge in [0.25, 0.3) is 0 Å². The van der Waals surface area contributed by atoms with Crippen LogP contribution in [0.1, 0.15) is 20.3 Å². The number of carboxylic acid groups (broad SMARTS) is 1. The molecule has 0 radical (unpaired) electrons. The van der Waals surface area contributed by atoms with E-state index in [-0.39, 0.29) is 23.8 Å². The van der Waals surface area contributed by atoms with Gasteiger partial charge in [-0.2, -0.15) is 0 Å². The second-order valence-corrected chi connectivity index (χ2v) is 4.90. The molecule has 0 aromatic heterocycles. The Labute approximate surface area is 122 Å². The van der Waals surface area contributed by atoms with Crippen molar-refractivity contribution in [1.29, 1.82) is 0 Å². The molecule has 1 aromatic carbocycles. The number of nitrogens with one attached hydrogen (secondary N) is 2. The normalized spacial score (nSPS) is 11.9. The van der Waals surface area contributed by atoms with Crippen LogP contribution in [0.3, 0.4) is 0 Å². The number of anilines is 1. The summed E-state index contributed by atoms with van der Waals surface area (Å²) < 4.78 is 18.3. The van der Waals surface area contributed by atoms with Crippen LogP contribution in [0.5, 0.6) is 5.75 Å². The Morgan fingerprint density at radius 2 is 2.05 bits per heavy atom. The lowest BCUT2D eigenvalue weighted by Gasteiger charge is -2.20. The second-order valence-electron chi connectivity index (χ2n) is 4.90. The molecule has 21 heavy (non-hydrogen) atoms. The Balaban J connectivity index is 2.67. The van der Waals surface area contributed by atoms with Crippen molar-refractivity contribution in [3.05, 3.63) is 24.0 Å². The first-order valence-corrected chi connectivity index (χ1v) is 6.46. The molecule has 116 valence electrons. The summed E-state index contributed by atoms with van der Waals surface area (Å²) in [5, 5.41) is 13.8. The van der Waals surface area contributed by atoms with Crippen molar-refractivity contribution in [3.8, 4) is 5.75 Å². The Morgan fingerprint density at radius 3 is 2.52 bits per heavy atom. The highest BCUT2D eigenvalue weighted by Gasteiger charge is 2.19. The molecule has 0 saturated carbocycles. The summed E-state index contributed by atoms with van der Waals surface area (Å²) in [5.74, 6) is -1.56. The van der Waals surface area contributed by atoms with E-state index in [0.717, 1.165) is 6.07 Å². The summed E-state index contributed by atoms with van der Waals surface area (Å²) in [7, 11) is 1.34. The van der Waals surface area contributed by atoms with Gasteiger partial charge in [-0.05, 0) is 18.1 Å². The van der Waals surface area contributed by atoms with Crippen LogP contribution in [-0.4, -0.2) is 30.3 Å². The van der Waals surface area contributed by atoms with Crippen molar-refractivity contribution in [3.63, 3.8) is 0 Å². The maximum Gasteiger partial charge on any atom is 0.319 e. The van der Waals surface area contributed by atoms with Crippen LogP contribution in [0.2, 0.25) is 0 Å². The SMILES string of the molecule is COc1ccc(NC(=O)NC(CC(=O)O)C(C)C)cc1F. The number of carbonyl (C=O) groups excluding carboxylic acids is 1. The summed E-state index contributed by atoms with van der Waals surface area (Å²) in [4.78, 5) is 22.5. The van der Waals surface area contributed by atoms with Crippen molar-refractivity contribution in [1.82, 2.24) is 5.32 Å². The highest BCUT2D eigenvalue weighted by atomic mass is 19.1. The molecule has 6 nitrogen and oxygen atoms in total. The Bertz CT molecular complexity index is 520. The molecule has 0 saturated heterocycles. The van der Waals surface area contributed by atoms with Gasteiger partial charge in [-0.1, -0.05) is 13.8 Å². The van der Waals surface area contributed by atoms with E-state index in [2.05, 4.69) is 10.6 Å². The standard InChI is InChI=1S/C14H19FN2O4/c1-8(2)11(7-13(18)19)17-14(20)16-9-4-5-12(21-3)10(15)6-9/h4-6,8,11H,7H2,1-3H3,(H,18,19)(H2,16,17,20). The molecule has 0 fully saturated rings. The van der Waals surface area contributed by atoms with Crippen LogP contribution < -0.4 is 15.4 Å². The Hall–Kier alpha value is -2.31. The second kappa shape index (κ2) is 7.47. The predicted molar refractivity (Wildman–Crippen MR) is 76.0 cm³/mol. The molecule has 0 heterocycles. The lowest BCUT2D eigenvalue weighted by molar-refractivity contribution is -0.137. The number of carboxylic acids is 1. The summed E-state index contributed by atoms with van der Waals surface area (Å²) >= 11 is 0. The van der Waals surface area contributed by atoms with E-state index in [1.807, 2.05) is 0 Å². The average molecular weight is 298 g/mol. The third-order valence-corrected chi connectivity index (χ3v) is 2.93. The molecule has 2 amide bonds. The average Bonchev–Trinajstić information content (AvgIpc) is 2.37. The monoisotopic (exact) mass is 298 g/mol. The van der Waals surface area contributed by atoms with E-state index in [1.54, 1.807) is 13.8 Å². The van der Waals surface area contributed by atoms with E-state index >= 15 is 0 Å². The molecule has 0 spiro atoms. The van der Waals surface area contributed by atoms with Gasteiger partial charge in [-0.25, -0.2) is 9.18 Å². The molecule has 7 heteroatoms. The van der Waals surface area contributed by atoms with Crippen molar-refractivity contribution in [2.45, 2.75) is 26.3 Å². The molecule has 0 aliphatic rings. The highest BCUT2D eigenvalue weighted by molar-refractivity contribution is 5.89. The maximum absolute atomic E-state index is 13.5. The fourth-order valence-electron chi connectivity index (χ4n) is 1.72. The lowest BCUT2D eigenvalue weighted by atomic mass is 10.0. The van der Waals surface area contributed by atoms with E-state index < -0.39 is 23.9 Å². The van der Waals surface area contributed by atoms with E-state index in [4.69, 9.17) is 9.84 Å². The smallest absolute Gasteiger partial charge is 0.319 e. The molecule has 0 bridgehead atoms. The van der Waals surface area contributed by atoms with Gasteiger partial charge in [0.15, 0.2) is 11.6 Å². The molecular weight excluding hydrogens is 279 g/mol. The minimum Gasteiger partial charge on any atom is -0.494 e. The molecule has 3 N–H and O–H groups in total. The zero-order chi connectivity index (χ0) is 16.0. The minimum atomic E-state index is -0.996. The van der Waals surface area contributed by atoms with Crippen molar-refractivity contribution in [2.75, 3.05) is 12.4 Å². The van der Waals surface area contributed by atoms with Crippen LogP contribution in [0.15, 0.2) is 18.2 Å². The third-order valence-electron chi connectivity index (χ3n) is 2.93. The zero-order valence-electron chi connectivity index (χ0n) is 12.1. The molecule has 1 unspecified atom stereocenters. The van der Waals surface area contributed by atoms with Gasteiger partial charge in [-0.3, -0.25) is 4.79 Å². The van der Waals surface area contributed by atoms with Crippen molar-refractivity contribution < 1.29 is 23.8 Å². The van der Waals surface area contributed by atoms with Gasteiger partial charge in [0.1, 0.15) is 0 Å². The molecule has 1 aromatic rings. The summed E-state index contributed by atoms with van der Waals surface area (Å²) in [5.41, 5.74) is 0.253. The van der Waals surface area contributed by atoms with Crippen molar-refractivity contribution in [2.24, 2.45) is 5.92 Å². The molecule has 1 rings (SSSR count). The van der Waals surface area contributed by atoms with Gasteiger partial charge >= 0.3 is 12.0 Å². The maximum atomic E-state index is 13.5. The zero-order valence-corrected chi connectivity index (χ0v) is 12.1. The number of ether oxygens (including phenoxy) is 1. The number of hydrogen-bond donors (Lipinski definition) is 3. The summed E-state index contributed by atoms with van der Waals surface area (Å²) in [6, 6.07) is 2.91. The van der Waals surface area contributed by atoms with Crippen LogP contribution in [0.4, 0.5) is 14.9 Å². The molecule has 1 atom stereocenters. The number of methoxy groups -OCH3 is 1. The topological polar surface area (TPSA) is 87.7 Å². The minimum absolute atomic E-state index is 0.0422.